The fourth-order valence-electron chi connectivity index (χ4n) is 4.85. The topological polar surface area (TPSA) is 54.6 Å². The maximum atomic E-state index is 11.5. The van der Waals surface area contributed by atoms with E-state index < -0.39 is 0 Å². The molecule has 0 saturated carbocycles. The molecule has 1 aromatic heterocycles. The highest BCUT2D eigenvalue weighted by Crippen LogP contribution is 2.41. The number of pyridine rings is 1. The van der Waals surface area contributed by atoms with Crippen LogP contribution in [-0.4, -0.2) is 43.2 Å². The summed E-state index contributed by atoms with van der Waals surface area (Å²) in [7, 11) is 1.76. The van der Waals surface area contributed by atoms with Crippen molar-refractivity contribution in [3.63, 3.8) is 0 Å². The standard InChI is InChI=1S/C26H28N2O3/c1-30-25-6-4-5-22-21-11-13-28(17-19(21)15-23(22)25)12-2-3-14-31-20-9-7-18-8-10-26(29)27-24(18)16-20/h4-10,16H,2-3,11-15,17H2,1H3,(H,27,29). The van der Waals surface area contributed by atoms with Crippen LogP contribution in [0.1, 0.15) is 30.4 Å². The van der Waals surface area contributed by atoms with Crippen LogP contribution in [0.5, 0.6) is 11.5 Å². The summed E-state index contributed by atoms with van der Waals surface area (Å²) in [4.78, 5) is 16.9. The largest absolute Gasteiger partial charge is 0.496 e. The molecule has 2 heterocycles. The first-order chi connectivity index (χ1) is 15.2. The zero-order chi connectivity index (χ0) is 21.2. The van der Waals surface area contributed by atoms with Crippen LogP contribution < -0.4 is 15.0 Å². The number of hydrogen-bond donors (Lipinski definition) is 1. The van der Waals surface area contributed by atoms with E-state index in [-0.39, 0.29) is 5.56 Å². The fourth-order valence-corrected chi connectivity index (χ4v) is 4.85. The van der Waals surface area contributed by atoms with Crippen LogP contribution in [0.4, 0.5) is 0 Å². The molecule has 5 rings (SSSR count). The number of hydrogen-bond acceptors (Lipinski definition) is 4. The molecule has 0 fully saturated rings. The van der Waals surface area contributed by atoms with Crippen LogP contribution in [-0.2, 0) is 6.42 Å². The summed E-state index contributed by atoms with van der Waals surface area (Å²) in [5.41, 5.74) is 6.60. The Balaban J connectivity index is 1.10. The van der Waals surface area contributed by atoms with E-state index in [9.17, 15) is 4.79 Å². The zero-order valence-corrected chi connectivity index (χ0v) is 17.9. The molecule has 1 aliphatic carbocycles. The predicted molar refractivity (Wildman–Crippen MR) is 124 cm³/mol. The van der Waals surface area contributed by atoms with Crippen LogP contribution in [0.15, 0.2) is 58.9 Å². The van der Waals surface area contributed by atoms with Crippen LogP contribution in [0.2, 0.25) is 0 Å². The fraction of sp³-hybridized carbons (Fsp3) is 0.346. The van der Waals surface area contributed by atoms with Gasteiger partial charge in [0.1, 0.15) is 11.5 Å². The van der Waals surface area contributed by atoms with Gasteiger partial charge in [-0.2, -0.15) is 0 Å². The first kappa shape index (κ1) is 19.9. The third kappa shape index (κ3) is 4.10. The van der Waals surface area contributed by atoms with E-state index in [1.165, 1.54) is 11.1 Å². The summed E-state index contributed by atoms with van der Waals surface area (Å²) in [6, 6.07) is 15.6. The van der Waals surface area contributed by atoms with Gasteiger partial charge in [-0.3, -0.25) is 9.69 Å². The number of nitrogens with one attached hydrogen (secondary N) is 1. The second kappa shape index (κ2) is 8.60. The number of aromatic amines is 1. The molecule has 2 aromatic carbocycles. The average molecular weight is 417 g/mol. The highest BCUT2D eigenvalue weighted by molar-refractivity contribution is 5.80. The number of unbranched alkanes of at least 4 members (excludes halogenated alkanes) is 1. The molecule has 0 saturated heterocycles. The van der Waals surface area contributed by atoms with Gasteiger partial charge in [0.25, 0.3) is 0 Å². The number of aromatic nitrogens is 1. The van der Waals surface area contributed by atoms with E-state index in [2.05, 4.69) is 28.1 Å². The van der Waals surface area contributed by atoms with Gasteiger partial charge in [-0.15, -0.1) is 0 Å². The quantitative estimate of drug-likeness (QED) is 0.580. The lowest BCUT2D eigenvalue weighted by Crippen LogP contribution is -2.32. The lowest BCUT2D eigenvalue weighted by Gasteiger charge is -2.28. The van der Waals surface area contributed by atoms with Crippen molar-refractivity contribution >= 4 is 16.5 Å². The molecule has 5 heteroatoms. The summed E-state index contributed by atoms with van der Waals surface area (Å²) < 4.78 is 11.5. The van der Waals surface area contributed by atoms with Gasteiger partial charge in [0.15, 0.2) is 0 Å². The van der Waals surface area contributed by atoms with Gasteiger partial charge in [-0.05, 0) is 78.6 Å². The van der Waals surface area contributed by atoms with Gasteiger partial charge in [0, 0.05) is 30.8 Å². The monoisotopic (exact) mass is 416 g/mol. The van der Waals surface area contributed by atoms with Crippen molar-refractivity contribution in [2.24, 2.45) is 0 Å². The Kier molecular flexibility index (Phi) is 5.51. The molecule has 1 N–H and O–H groups in total. The Labute approximate surface area is 182 Å². The Morgan fingerprint density at radius 3 is 2.90 bits per heavy atom. The van der Waals surface area contributed by atoms with Gasteiger partial charge >= 0.3 is 0 Å². The normalized spacial score (nSPS) is 15.8. The molecule has 0 amide bonds. The SMILES string of the molecule is COc1cccc2c1CC1=C2CCN(CCCCOc2ccc3ccc(=O)[nH]c3c2)C1. The van der Waals surface area contributed by atoms with Crippen LogP contribution >= 0.6 is 0 Å². The van der Waals surface area contributed by atoms with E-state index in [0.29, 0.717) is 6.61 Å². The minimum atomic E-state index is -0.0896. The van der Waals surface area contributed by atoms with Crippen molar-refractivity contribution in [3.8, 4) is 11.5 Å². The van der Waals surface area contributed by atoms with Crippen molar-refractivity contribution in [2.45, 2.75) is 25.7 Å². The number of methoxy groups -OCH3 is 1. The molecule has 0 atom stereocenters. The summed E-state index contributed by atoms with van der Waals surface area (Å²) in [5.74, 6) is 1.83. The zero-order valence-electron chi connectivity index (χ0n) is 17.9. The van der Waals surface area contributed by atoms with Crippen LogP contribution in [0, 0.1) is 0 Å². The Bertz CT molecular complexity index is 1190. The van der Waals surface area contributed by atoms with Crippen molar-refractivity contribution in [2.75, 3.05) is 33.4 Å². The van der Waals surface area contributed by atoms with Crippen LogP contribution in [0.25, 0.3) is 16.5 Å². The molecule has 0 spiro atoms. The van der Waals surface area contributed by atoms with Crippen molar-refractivity contribution in [1.29, 1.82) is 0 Å². The highest BCUT2D eigenvalue weighted by atomic mass is 16.5. The van der Waals surface area contributed by atoms with E-state index in [1.807, 2.05) is 24.3 Å². The number of fused-ring (bicyclic) bond motifs is 3. The molecule has 2 aliphatic rings. The molecular weight excluding hydrogens is 388 g/mol. The second-order valence-corrected chi connectivity index (χ2v) is 8.40. The van der Waals surface area contributed by atoms with Crippen LogP contribution in [0.3, 0.4) is 0 Å². The smallest absolute Gasteiger partial charge is 0.248 e. The molecule has 0 radical (unpaired) electrons. The molecule has 31 heavy (non-hydrogen) atoms. The van der Waals surface area contributed by atoms with Crippen molar-refractivity contribution in [1.82, 2.24) is 9.88 Å². The minimum Gasteiger partial charge on any atom is -0.496 e. The molecule has 3 aromatic rings. The average Bonchev–Trinajstić information content (AvgIpc) is 3.16. The lowest BCUT2D eigenvalue weighted by atomic mass is 9.99. The number of benzene rings is 2. The molecule has 1 aliphatic heterocycles. The number of ether oxygens (including phenoxy) is 2. The maximum Gasteiger partial charge on any atom is 0.248 e. The lowest BCUT2D eigenvalue weighted by molar-refractivity contribution is 0.261. The Morgan fingerprint density at radius 1 is 1.10 bits per heavy atom. The second-order valence-electron chi connectivity index (χ2n) is 8.40. The van der Waals surface area contributed by atoms with Gasteiger partial charge < -0.3 is 14.5 Å². The van der Waals surface area contributed by atoms with E-state index in [0.717, 1.165) is 67.7 Å². The van der Waals surface area contributed by atoms with Gasteiger partial charge in [0.05, 0.1) is 19.2 Å². The van der Waals surface area contributed by atoms with Gasteiger partial charge in [-0.25, -0.2) is 0 Å². The first-order valence-corrected chi connectivity index (χ1v) is 11.1. The number of rotatable bonds is 7. The maximum absolute atomic E-state index is 11.5. The van der Waals surface area contributed by atoms with Crippen molar-refractivity contribution < 1.29 is 9.47 Å². The first-order valence-electron chi connectivity index (χ1n) is 11.1. The molecule has 0 unspecified atom stereocenters. The van der Waals surface area contributed by atoms with E-state index >= 15 is 0 Å². The van der Waals surface area contributed by atoms with Gasteiger partial charge in [0.2, 0.25) is 5.56 Å². The molecular formula is C26H28N2O3. The van der Waals surface area contributed by atoms with E-state index in [4.69, 9.17) is 9.47 Å². The van der Waals surface area contributed by atoms with E-state index in [1.54, 1.807) is 24.3 Å². The summed E-state index contributed by atoms with van der Waals surface area (Å²) in [6.07, 6.45) is 4.28. The summed E-state index contributed by atoms with van der Waals surface area (Å²) in [5, 5.41) is 1.01. The van der Waals surface area contributed by atoms with Gasteiger partial charge in [-0.1, -0.05) is 12.1 Å². The third-order valence-corrected chi connectivity index (χ3v) is 6.42. The predicted octanol–water partition coefficient (Wildman–Crippen LogP) is 4.41. The van der Waals surface area contributed by atoms with Crippen molar-refractivity contribution in [3.05, 3.63) is 75.6 Å². The Morgan fingerprint density at radius 2 is 2.00 bits per heavy atom. The summed E-state index contributed by atoms with van der Waals surface area (Å²) in [6.45, 7) is 3.96. The molecule has 160 valence electrons. The molecule has 5 nitrogen and oxygen atoms in total. The highest BCUT2D eigenvalue weighted by Gasteiger charge is 2.28. The number of H-pyrrole nitrogens is 1. The minimum absolute atomic E-state index is 0.0896. The number of nitrogens with zero attached hydrogens (tertiary/aromatic N) is 1. The summed E-state index contributed by atoms with van der Waals surface area (Å²) >= 11 is 0. The third-order valence-electron chi connectivity index (χ3n) is 6.42. The molecule has 0 bridgehead atoms. The Hall–Kier alpha value is -3.05.